The Morgan fingerprint density at radius 1 is 1.14 bits per heavy atom. The number of aliphatic hydroxyl groups is 1. The van der Waals surface area contributed by atoms with E-state index in [4.69, 9.17) is 28.3 Å². The summed E-state index contributed by atoms with van der Waals surface area (Å²) in [6, 6.07) is 9.24. The molecule has 4 nitrogen and oxygen atoms in total. The highest BCUT2D eigenvalue weighted by Crippen LogP contribution is 2.29. The lowest BCUT2D eigenvalue weighted by Gasteiger charge is -2.13. The average molecular weight is 346 g/mol. The standard InChI is InChI=1S/C14H13Cl2NO3S/c1-9-3-2-4-12(15)14(9)17-21(19,20)11-6-5-10(8-18)13(16)7-11/h2-7,17-18H,8H2,1H3. The minimum Gasteiger partial charge on any atom is -0.392 e. The van der Waals surface area contributed by atoms with E-state index in [-0.39, 0.29) is 16.5 Å². The number of aliphatic hydroxyl groups excluding tert-OH is 1. The van der Waals surface area contributed by atoms with Crippen LogP contribution in [0.1, 0.15) is 11.1 Å². The molecule has 0 spiro atoms. The number of halogens is 2. The van der Waals surface area contributed by atoms with Crippen molar-refractivity contribution in [1.29, 1.82) is 0 Å². The van der Waals surface area contributed by atoms with Crippen molar-refractivity contribution in [3.8, 4) is 0 Å². The normalized spacial score (nSPS) is 11.4. The quantitative estimate of drug-likeness (QED) is 0.889. The van der Waals surface area contributed by atoms with Crippen molar-refractivity contribution >= 4 is 38.9 Å². The van der Waals surface area contributed by atoms with Crippen LogP contribution in [-0.2, 0) is 16.6 Å². The third kappa shape index (κ3) is 3.49. The third-order valence-electron chi connectivity index (χ3n) is 2.96. The van der Waals surface area contributed by atoms with E-state index in [9.17, 15) is 8.42 Å². The molecule has 21 heavy (non-hydrogen) atoms. The maximum Gasteiger partial charge on any atom is 0.262 e. The summed E-state index contributed by atoms with van der Waals surface area (Å²) in [5, 5.41) is 9.56. The van der Waals surface area contributed by atoms with Crippen LogP contribution in [0.15, 0.2) is 41.3 Å². The molecule has 2 N–H and O–H groups in total. The number of sulfonamides is 1. The van der Waals surface area contributed by atoms with Gasteiger partial charge < -0.3 is 5.11 Å². The summed E-state index contributed by atoms with van der Waals surface area (Å²) in [5.41, 5.74) is 1.51. The number of hydrogen-bond acceptors (Lipinski definition) is 3. The summed E-state index contributed by atoms with van der Waals surface area (Å²) < 4.78 is 27.2. The van der Waals surface area contributed by atoms with Crippen LogP contribution in [-0.4, -0.2) is 13.5 Å². The van der Waals surface area contributed by atoms with Crippen LogP contribution < -0.4 is 4.72 Å². The van der Waals surface area contributed by atoms with Crippen molar-refractivity contribution in [1.82, 2.24) is 0 Å². The van der Waals surface area contributed by atoms with Crippen LogP contribution in [0.5, 0.6) is 0 Å². The van der Waals surface area contributed by atoms with E-state index in [0.29, 0.717) is 21.8 Å². The second kappa shape index (κ2) is 6.23. The Morgan fingerprint density at radius 2 is 1.86 bits per heavy atom. The molecule has 0 radical (unpaired) electrons. The topological polar surface area (TPSA) is 66.4 Å². The monoisotopic (exact) mass is 345 g/mol. The van der Waals surface area contributed by atoms with Crippen LogP contribution in [0.2, 0.25) is 10.0 Å². The molecular formula is C14H13Cl2NO3S. The number of benzene rings is 2. The molecule has 112 valence electrons. The molecule has 0 saturated heterocycles. The predicted octanol–water partition coefficient (Wildman–Crippen LogP) is 3.59. The fourth-order valence-corrected chi connectivity index (χ4v) is 3.59. The van der Waals surface area contributed by atoms with Gasteiger partial charge in [0.05, 0.1) is 22.2 Å². The van der Waals surface area contributed by atoms with E-state index >= 15 is 0 Å². The molecule has 2 aromatic carbocycles. The van der Waals surface area contributed by atoms with Gasteiger partial charge in [0.25, 0.3) is 10.0 Å². The van der Waals surface area contributed by atoms with Crippen molar-refractivity contribution in [2.75, 3.05) is 4.72 Å². The molecule has 0 atom stereocenters. The predicted molar refractivity (Wildman–Crippen MR) is 84.4 cm³/mol. The van der Waals surface area contributed by atoms with Gasteiger partial charge in [0.15, 0.2) is 0 Å². The van der Waals surface area contributed by atoms with Gasteiger partial charge >= 0.3 is 0 Å². The fourth-order valence-electron chi connectivity index (χ4n) is 1.78. The molecule has 0 aliphatic rings. The van der Waals surface area contributed by atoms with Crippen LogP contribution in [0, 0.1) is 6.92 Å². The van der Waals surface area contributed by atoms with Crippen LogP contribution in [0.25, 0.3) is 0 Å². The average Bonchev–Trinajstić information content (AvgIpc) is 2.43. The molecule has 0 aromatic heterocycles. The second-order valence-corrected chi connectivity index (χ2v) is 6.95. The lowest BCUT2D eigenvalue weighted by Crippen LogP contribution is -2.14. The third-order valence-corrected chi connectivity index (χ3v) is 4.98. The molecule has 2 rings (SSSR count). The Labute approximate surface area is 133 Å². The second-order valence-electron chi connectivity index (χ2n) is 4.45. The first-order chi connectivity index (χ1) is 9.85. The molecule has 2 aromatic rings. The zero-order chi connectivity index (χ0) is 15.6. The highest BCUT2D eigenvalue weighted by atomic mass is 35.5. The number of aryl methyl sites for hydroxylation is 1. The molecule has 0 bridgehead atoms. The molecular weight excluding hydrogens is 333 g/mol. The number of hydrogen-bond donors (Lipinski definition) is 2. The van der Waals surface area contributed by atoms with E-state index in [1.54, 1.807) is 25.1 Å². The van der Waals surface area contributed by atoms with E-state index in [0.717, 1.165) is 0 Å². The fraction of sp³-hybridized carbons (Fsp3) is 0.143. The Morgan fingerprint density at radius 3 is 2.43 bits per heavy atom. The van der Waals surface area contributed by atoms with Gasteiger partial charge in [-0.25, -0.2) is 8.42 Å². The van der Waals surface area contributed by atoms with Crippen molar-refractivity contribution in [3.05, 3.63) is 57.6 Å². The zero-order valence-electron chi connectivity index (χ0n) is 11.1. The van der Waals surface area contributed by atoms with Gasteiger partial charge in [0.2, 0.25) is 0 Å². The molecule has 0 saturated carbocycles. The van der Waals surface area contributed by atoms with E-state index in [1.807, 2.05) is 0 Å². The number of nitrogens with one attached hydrogen (secondary N) is 1. The molecule has 0 aliphatic heterocycles. The van der Waals surface area contributed by atoms with Gasteiger partial charge in [-0.05, 0) is 36.2 Å². The van der Waals surface area contributed by atoms with Crippen LogP contribution >= 0.6 is 23.2 Å². The minimum absolute atomic E-state index is 0.00372. The Hall–Kier alpha value is -1.27. The maximum absolute atomic E-state index is 12.4. The van der Waals surface area contributed by atoms with Gasteiger partial charge in [-0.15, -0.1) is 0 Å². The Kier molecular flexibility index (Phi) is 4.78. The smallest absolute Gasteiger partial charge is 0.262 e. The summed E-state index contributed by atoms with van der Waals surface area (Å²) in [4.78, 5) is 0.00372. The number of anilines is 1. The SMILES string of the molecule is Cc1cccc(Cl)c1NS(=O)(=O)c1ccc(CO)c(Cl)c1. The largest absolute Gasteiger partial charge is 0.392 e. The molecule has 0 fully saturated rings. The molecule has 7 heteroatoms. The summed E-state index contributed by atoms with van der Waals surface area (Å²) in [6.45, 7) is 1.50. The molecule has 0 unspecified atom stereocenters. The van der Waals surface area contributed by atoms with Crippen molar-refractivity contribution < 1.29 is 13.5 Å². The van der Waals surface area contributed by atoms with Crippen molar-refractivity contribution in [2.45, 2.75) is 18.4 Å². The first-order valence-electron chi connectivity index (χ1n) is 6.02. The Bertz CT molecular complexity index is 756. The minimum atomic E-state index is -3.81. The van der Waals surface area contributed by atoms with Crippen LogP contribution in [0.3, 0.4) is 0 Å². The van der Waals surface area contributed by atoms with Crippen molar-refractivity contribution in [3.63, 3.8) is 0 Å². The maximum atomic E-state index is 12.4. The highest BCUT2D eigenvalue weighted by molar-refractivity contribution is 7.92. The van der Waals surface area contributed by atoms with Crippen molar-refractivity contribution in [2.24, 2.45) is 0 Å². The van der Waals surface area contributed by atoms with Gasteiger partial charge in [-0.3, -0.25) is 4.72 Å². The first-order valence-corrected chi connectivity index (χ1v) is 8.26. The highest BCUT2D eigenvalue weighted by Gasteiger charge is 2.18. The van der Waals surface area contributed by atoms with E-state index in [2.05, 4.69) is 4.72 Å². The van der Waals surface area contributed by atoms with Gasteiger partial charge in [-0.1, -0.05) is 41.4 Å². The number of para-hydroxylation sites is 1. The summed E-state index contributed by atoms with van der Waals surface area (Å²) >= 11 is 11.9. The van der Waals surface area contributed by atoms with Gasteiger partial charge in [0.1, 0.15) is 0 Å². The summed E-state index contributed by atoms with van der Waals surface area (Å²) in [7, 11) is -3.81. The van der Waals surface area contributed by atoms with E-state index in [1.165, 1.54) is 18.2 Å². The van der Waals surface area contributed by atoms with E-state index < -0.39 is 10.0 Å². The lowest BCUT2D eigenvalue weighted by atomic mass is 10.2. The molecule has 0 aliphatic carbocycles. The first kappa shape index (κ1) is 16.1. The molecule has 0 heterocycles. The van der Waals surface area contributed by atoms with Gasteiger partial charge in [-0.2, -0.15) is 0 Å². The number of rotatable bonds is 4. The summed E-state index contributed by atoms with van der Waals surface area (Å²) in [5.74, 6) is 0. The zero-order valence-corrected chi connectivity index (χ0v) is 13.4. The molecule has 0 amide bonds. The lowest BCUT2D eigenvalue weighted by molar-refractivity contribution is 0.282. The Balaban J connectivity index is 2.41. The van der Waals surface area contributed by atoms with Gasteiger partial charge in [0, 0.05) is 5.02 Å². The van der Waals surface area contributed by atoms with Crippen LogP contribution in [0.4, 0.5) is 5.69 Å². The summed E-state index contributed by atoms with van der Waals surface area (Å²) in [6.07, 6.45) is 0.